The van der Waals surface area contributed by atoms with Gasteiger partial charge in [0.1, 0.15) is 17.3 Å². The zero-order chi connectivity index (χ0) is 18.7. The number of nitrogens with one attached hydrogen (secondary N) is 2. The first-order valence-corrected chi connectivity index (χ1v) is 9.18. The molecule has 26 heavy (non-hydrogen) atoms. The number of anilines is 2. The predicted molar refractivity (Wildman–Crippen MR) is 107 cm³/mol. The number of rotatable bonds is 6. The molecule has 0 radical (unpaired) electrons. The minimum atomic E-state index is -0.412. The summed E-state index contributed by atoms with van der Waals surface area (Å²) in [6.45, 7) is 2.35. The van der Waals surface area contributed by atoms with Crippen molar-refractivity contribution in [1.29, 1.82) is 0 Å². The number of amides is 1. The lowest BCUT2D eigenvalue weighted by atomic mass is 10.2. The van der Waals surface area contributed by atoms with Gasteiger partial charge in [-0.1, -0.05) is 6.92 Å². The first kappa shape index (κ1) is 18.6. The highest BCUT2D eigenvalue weighted by molar-refractivity contribution is 14.1. The molecule has 136 valence electrons. The third-order valence-corrected chi connectivity index (χ3v) is 4.50. The standard InChI is InChI=1S/C18H18FIN4O2/c1-3-9-26-23-18(25)15-12-5-4-8-21-16(12)24(2)17(15)22-14-7-6-11(20)10-13(14)19/h4-8,10,22H,3,9H2,1-2H3,(H,23,25). The lowest BCUT2D eigenvalue weighted by molar-refractivity contribution is 0.0317. The fraction of sp³-hybridized carbons (Fsp3) is 0.222. The molecular formula is C18H18FIN4O2. The van der Waals surface area contributed by atoms with E-state index in [0.717, 1.165) is 9.99 Å². The van der Waals surface area contributed by atoms with E-state index in [1.165, 1.54) is 6.07 Å². The Morgan fingerprint density at radius 1 is 1.38 bits per heavy atom. The Balaban J connectivity index is 2.06. The number of hydroxylamine groups is 1. The van der Waals surface area contributed by atoms with Crippen LogP contribution < -0.4 is 10.8 Å². The van der Waals surface area contributed by atoms with Crippen molar-refractivity contribution in [3.63, 3.8) is 0 Å². The molecule has 2 aromatic heterocycles. The van der Waals surface area contributed by atoms with E-state index in [1.54, 1.807) is 42.1 Å². The normalized spacial score (nSPS) is 10.9. The summed E-state index contributed by atoms with van der Waals surface area (Å²) in [7, 11) is 1.77. The van der Waals surface area contributed by atoms with Gasteiger partial charge in [0.2, 0.25) is 0 Å². The summed E-state index contributed by atoms with van der Waals surface area (Å²) in [4.78, 5) is 22.2. The molecule has 0 aliphatic carbocycles. The number of hydrogen-bond acceptors (Lipinski definition) is 4. The number of benzene rings is 1. The third kappa shape index (κ3) is 3.65. The number of halogens is 2. The number of hydrogen-bond donors (Lipinski definition) is 2. The molecular weight excluding hydrogens is 450 g/mol. The zero-order valence-electron chi connectivity index (χ0n) is 14.3. The number of aryl methyl sites for hydroxylation is 1. The fourth-order valence-electron chi connectivity index (χ4n) is 2.62. The second-order valence-electron chi connectivity index (χ2n) is 5.69. The van der Waals surface area contributed by atoms with Gasteiger partial charge in [0, 0.05) is 22.2 Å². The molecule has 3 aromatic rings. The maximum Gasteiger partial charge on any atom is 0.279 e. The summed E-state index contributed by atoms with van der Waals surface area (Å²) in [6.07, 6.45) is 2.42. The van der Waals surface area contributed by atoms with Crippen molar-refractivity contribution in [2.75, 3.05) is 11.9 Å². The maximum absolute atomic E-state index is 14.3. The van der Waals surface area contributed by atoms with E-state index in [4.69, 9.17) is 4.84 Å². The van der Waals surface area contributed by atoms with Crippen molar-refractivity contribution in [1.82, 2.24) is 15.0 Å². The van der Waals surface area contributed by atoms with Crippen LogP contribution in [0.5, 0.6) is 0 Å². The Morgan fingerprint density at radius 2 is 2.19 bits per heavy atom. The zero-order valence-corrected chi connectivity index (χ0v) is 16.5. The molecule has 0 saturated heterocycles. The van der Waals surface area contributed by atoms with Crippen molar-refractivity contribution in [3.8, 4) is 0 Å². The second-order valence-corrected chi connectivity index (χ2v) is 6.93. The first-order valence-electron chi connectivity index (χ1n) is 8.10. The van der Waals surface area contributed by atoms with Crippen molar-refractivity contribution < 1.29 is 14.0 Å². The molecule has 0 unspecified atom stereocenters. The van der Waals surface area contributed by atoms with Crippen molar-refractivity contribution in [2.45, 2.75) is 13.3 Å². The smallest absolute Gasteiger partial charge is 0.279 e. The van der Waals surface area contributed by atoms with E-state index in [0.29, 0.717) is 29.0 Å². The summed E-state index contributed by atoms with van der Waals surface area (Å²) < 4.78 is 16.8. The molecule has 1 amide bonds. The minimum Gasteiger partial charge on any atom is -0.339 e. The lowest BCUT2D eigenvalue weighted by Gasteiger charge is -2.12. The van der Waals surface area contributed by atoms with Gasteiger partial charge in [-0.3, -0.25) is 9.63 Å². The van der Waals surface area contributed by atoms with Crippen molar-refractivity contribution >= 4 is 51.0 Å². The van der Waals surface area contributed by atoms with E-state index >= 15 is 0 Å². The van der Waals surface area contributed by atoms with Gasteiger partial charge in [-0.15, -0.1) is 0 Å². The van der Waals surface area contributed by atoms with Crippen LogP contribution in [-0.4, -0.2) is 22.1 Å². The van der Waals surface area contributed by atoms with E-state index < -0.39 is 11.7 Å². The molecule has 0 fully saturated rings. The minimum absolute atomic E-state index is 0.278. The summed E-state index contributed by atoms with van der Waals surface area (Å²) in [5.74, 6) is -0.370. The quantitative estimate of drug-likeness (QED) is 0.325. The van der Waals surface area contributed by atoms with Gasteiger partial charge >= 0.3 is 0 Å². The summed E-state index contributed by atoms with van der Waals surface area (Å²) in [6, 6.07) is 8.40. The van der Waals surface area contributed by atoms with Gasteiger partial charge < -0.3 is 9.88 Å². The molecule has 3 rings (SSSR count). The second kappa shape index (κ2) is 8.00. The molecule has 1 aromatic carbocycles. The maximum atomic E-state index is 14.3. The molecule has 0 aliphatic rings. The Kier molecular flexibility index (Phi) is 5.72. The van der Waals surface area contributed by atoms with E-state index in [-0.39, 0.29) is 5.69 Å². The number of aromatic nitrogens is 2. The van der Waals surface area contributed by atoms with Gasteiger partial charge in [0.05, 0.1) is 17.9 Å². The number of fused-ring (bicyclic) bond motifs is 1. The van der Waals surface area contributed by atoms with Gasteiger partial charge in [0.15, 0.2) is 0 Å². The number of carbonyl (C=O) groups is 1. The van der Waals surface area contributed by atoms with Crippen LogP contribution in [0.2, 0.25) is 0 Å². The Hall–Kier alpha value is -2.20. The third-order valence-electron chi connectivity index (χ3n) is 3.83. The van der Waals surface area contributed by atoms with Crippen LogP contribution in [0.25, 0.3) is 11.0 Å². The van der Waals surface area contributed by atoms with Crippen LogP contribution in [0.3, 0.4) is 0 Å². The van der Waals surface area contributed by atoms with Crippen LogP contribution in [0.15, 0.2) is 36.5 Å². The topological polar surface area (TPSA) is 68.2 Å². The summed E-state index contributed by atoms with van der Waals surface area (Å²) >= 11 is 2.04. The highest BCUT2D eigenvalue weighted by Crippen LogP contribution is 2.31. The van der Waals surface area contributed by atoms with Crippen LogP contribution in [0.1, 0.15) is 23.7 Å². The summed E-state index contributed by atoms with van der Waals surface area (Å²) in [5.41, 5.74) is 3.68. The Bertz CT molecular complexity index is 958. The Morgan fingerprint density at radius 3 is 2.92 bits per heavy atom. The molecule has 2 heterocycles. The molecule has 6 nitrogen and oxygen atoms in total. The first-order chi connectivity index (χ1) is 12.5. The van der Waals surface area contributed by atoms with E-state index in [9.17, 15) is 9.18 Å². The van der Waals surface area contributed by atoms with Crippen molar-refractivity contribution in [2.24, 2.45) is 7.05 Å². The van der Waals surface area contributed by atoms with Gasteiger partial charge in [0.25, 0.3) is 5.91 Å². The molecule has 0 atom stereocenters. The van der Waals surface area contributed by atoms with Gasteiger partial charge in [-0.25, -0.2) is 14.9 Å². The Labute approximate surface area is 163 Å². The predicted octanol–water partition coefficient (Wildman–Crippen LogP) is 4.13. The average molecular weight is 468 g/mol. The SMILES string of the molecule is CCCONC(=O)c1c(Nc2ccc(I)cc2F)n(C)c2ncccc12. The number of nitrogens with zero attached hydrogens (tertiary/aromatic N) is 2. The highest BCUT2D eigenvalue weighted by Gasteiger charge is 2.23. The van der Waals surface area contributed by atoms with Crippen LogP contribution in [0, 0.1) is 9.39 Å². The summed E-state index contributed by atoms with van der Waals surface area (Å²) in [5, 5.41) is 3.68. The van der Waals surface area contributed by atoms with Crippen molar-refractivity contribution in [3.05, 3.63) is 51.5 Å². The van der Waals surface area contributed by atoms with Gasteiger partial charge in [-0.2, -0.15) is 0 Å². The number of pyridine rings is 1. The average Bonchev–Trinajstić information content (AvgIpc) is 2.90. The fourth-order valence-corrected chi connectivity index (χ4v) is 3.08. The molecule has 8 heteroatoms. The monoisotopic (exact) mass is 468 g/mol. The van der Waals surface area contributed by atoms with Crippen LogP contribution in [-0.2, 0) is 11.9 Å². The van der Waals surface area contributed by atoms with Gasteiger partial charge in [-0.05, 0) is 59.3 Å². The largest absolute Gasteiger partial charge is 0.339 e. The lowest BCUT2D eigenvalue weighted by Crippen LogP contribution is -2.24. The molecule has 0 bridgehead atoms. The highest BCUT2D eigenvalue weighted by atomic mass is 127. The number of carbonyl (C=O) groups excluding carboxylic acids is 1. The van der Waals surface area contributed by atoms with Crippen LogP contribution >= 0.6 is 22.6 Å². The van der Waals surface area contributed by atoms with Crippen LogP contribution in [0.4, 0.5) is 15.9 Å². The molecule has 0 spiro atoms. The van der Waals surface area contributed by atoms with E-state index in [2.05, 4.69) is 15.8 Å². The molecule has 0 saturated carbocycles. The molecule has 0 aliphatic heterocycles. The van der Waals surface area contributed by atoms with E-state index in [1.807, 2.05) is 29.5 Å². The molecule has 2 N–H and O–H groups in total.